The van der Waals surface area contributed by atoms with E-state index in [1.165, 1.54) is 69.2 Å². The molecule has 1 rings (SSSR count). The van der Waals surface area contributed by atoms with Crippen molar-refractivity contribution >= 4 is 0 Å². The Labute approximate surface area is 103 Å². The minimum Gasteiger partial charge on any atom is -0.349 e. The first-order valence-electron chi connectivity index (χ1n) is 7.30. The summed E-state index contributed by atoms with van der Waals surface area (Å²) in [7, 11) is 4.51. The summed E-state index contributed by atoms with van der Waals surface area (Å²) in [6.07, 6.45) is 8.37. The molecule has 0 aliphatic carbocycles. The van der Waals surface area contributed by atoms with Gasteiger partial charge >= 0.3 is 0 Å². The van der Waals surface area contributed by atoms with Gasteiger partial charge in [-0.3, -0.25) is 0 Å². The first-order chi connectivity index (χ1) is 7.68. The quantitative estimate of drug-likeness (QED) is 0.531. The van der Waals surface area contributed by atoms with Gasteiger partial charge in [-0.2, -0.15) is 0 Å². The van der Waals surface area contributed by atoms with Crippen LogP contribution in [-0.4, -0.2) is 44.8 Å². The van der Waals surface area contributed by atoms with Crippen LogP contribution in [0.2, 0.25) is 0 Å². The maximum Gasteiger partial charge on any atom is 0.0786 e. The van der Waals surface area contributed by atoms with Crippen LogP contribution in [-0.2, 0) is 0 Å². The van der Waals surface area contributed by atoms with Gasteiger partial charge < -0.3 is 9.80 Å². The Hall–Kier alpha value is -0.0800. The summed E-state index contributed by atoms with van der Waals surface area (Å²) in [6, 6.07) is 0. The molecule has 0 aromatic carbocycles. The predicted octanol–water partition coefficient (Wildman–Crippen LogP) is 2.01. The summed E-state index contributed by atoms with van der Waals surface area (Å²) in [6.45, 7) is 10.1. The monoisotopic (exact) mass is 230 g/mol. The molecule has 1 saturated heterocycles. The summed E-state index contributed by atoms with van der Waals surface area (Å²) < 4.78 is 1.36. The Balaban J connectivity index is 0.000000325. The SMILES string of the molecule is CCCC[N+]1(C)CCCC1.CCCC[NH2+]C. The molecule has 0 amide bonds. The van der Waals surface area contributed by atoms with Crippen LogP contribution in [0.4, 0.5) is 0 Å². The summed E-state index contributed by atoms with van der Waals surface area (Å²) in [4.78, 5) is 0. The zero-order valence-electron chi connectivity index (χ0n) is 12.1. The van der Waals surface area contributed by atoms with E-state index in [1.54, 1.807) is 0 Å². The molecular formula is C14H34N2+2. The largest absolute Gasteiger partial charge is 0.349 e. The molecule has 2 nitrogen and oxygen atoms in total. The van der Waals surface area contributed by atoms with Gasteiger partial charge in [0.1, 0.15) is 0 Å². The second kappa shape index (κ2) is 10.1. The van der Waals surface area contributed by atoms with E-state index in [9.17, 15) is 0 Å². The molecule has 0 spiro atoms. The van der Waals surface area contributed by atoms with Crippen LogP contribution in [0.25, 0.3) is 0 Å². The first kappa shape index (κ1) is 15.9. The molecule has 1 aliphatic rings. The molecule has 0 aromatic rings. The average molecular weight is 230 g/mol. The van der Waals surface area contributed by atoms with Crippen LogP contribution in [0.1, 0.15) is 52.4 Å². The number of hydrogen-bond donors (Lipinski definition) is 1. The van der Waals surface area contributed by atoms with Crippen molar-refractivity contribution in [2.75, 3.05) is 40.3 Å². The molecular weight excluding hydrogens is 196 g/mol. The highest BCUT2D eigenvalue weighted by molar-refractivity contribution is 4.51. The van der Waals surface area contributed by atoms with Gasteiger partial charge in [0.15, 0.2) is 0 Å². The van der Waals surface area contributed by atoms with E-state index < -0.39 is 0 Å². The first-order valence-corrected chi connectivity index (χ1v) is 7.30. The standard InChI is InChI=1S/C9H20N.C5H13N/c1-3-4-7-10(2)8-5-6-9-10;1-3-4-5-6-2/h3-9H2,1-2H3;6H,3-5H2,1-2H3/q+1;/p+1. The number of nitrogens with zero attached hydrogens (tertiary/aromatic N) is 1. The van der Waals surface area contributed by atoms with E-state index in [4.69, 9.17) is 0 Å². The van der Waals surface area contributed by atoms with Crippen LogP contribution in [0.5, 0.6) is 0 Å². The molecule has 1 aliphatic heterocycles. The van der Waals surface area contributed by atoms with Gasteiger partial charge in [0.05, 0.1) is 40.3 Å². The lowest BCUT2D eigenvalue weighted by Gasteiger charge is -2.28. The van der Waals surface area contributed by atoms with E-state index in [1.807, 2.05) is 0 Å². The zero-order valence-corrected chi connectivity index (χ0v) is 12.1. The van der Waals surface area contributed by atoms with Crippen molar-refractivity contribution in [3.05, 3.63) is 0 Å². The van der Waals surface area contributed by atoms with Gasteiger partial charge in [-0.25, -0.2) is 0 Å². The smallest absolute Gasteiger partial charge is 0.0786 e. The topological polar surface area (TPSA) is 16.6 Å². The van der Waals surface area contributed by atoms with E-state index in [2.05, 4.69) is 33.3 Å². The molecule has 0 unspecified atom stereocenters. The Morgan fingerprint density at radius 1 is 1.00 bits per heavy atom. The van der Waals surface area contributed by atoms with Crippen LogP contribution < -0.4 is 5.32 Å². The number of hydrogen-bond acceptors (Lipinski definition) is 0. The molecule has 0 atom stereocenters. The highest BCUT2D eigenvalue weighted by Crippen LogP contribution is 2.16. The molecule has 1 fully saturated rings. The lowest BCUT2D eigenvalue weighted by molar-refractivity contribution is -0.897. The highest BCUT2D eigenvalue weighted by Gasteiger charge is 2.25. The van der Waals surface area contributed by atoms with E-state index in [-0.39, 0.29) is 0 Å². The molecule has 16 heavy (non-hydrogen) atoms. The van der Waals surface area contributed by atoms with Gasteiger partial charge in [0.2, 0.25) is 0 Å². The van der Waals surface area contributed by atoms with Gasteiger partial charge in [0, 0.05) is 12.8 Å². The van der Waals surface area contributed by atoms with E-state index >= 15 is 0 Å². The average Bonchev–Trinajstić information content (AvgIpc) is 2.72. The Kier molecular flexibility index (Phi) is 10.0. The lowest BCUT2D eigenvalue weighted by Crippen LogP contribution is -2.79. The van der Waals surface area contributed by atoms with Crippen molar-refractivity contribution in [3.8, 4) is 0 Å². The molecule has 0 bridgehead atoms. The Bertz CT molecular complexity index is 136. The molecule has 98 valence electrons. The molecule has 1 heterocycles. The van der Waals surface area contributed by atoms with Crippen molar-refractivity contribution in [3.63, 3.8) is 0 Å². The van der Waals surface area contributed by atoms with Gasteiger partial charge in [-0.05, 0) is 12.8 Å². The molecule has 2 heteroatoms. The number of unbranched alkanes of at least 4 members (excludes halogenated alkanes) is 2. The van der Waals surface area contributed by atoms with Crippen molar-refractivity contribution < 1.29 is 9.80 Å². The number of rotatable bonds is 6. The minimum absolute atomic E-state index is 1.29. The highest BCUT2D eigenvalue weighted by atomic mass is 15.3. The third-order valence-corrected chi connectivity index (χ3v) is 3.54. The molecule has 2 N–H and O–H groups in total. The van der Waals surface area contributed by atoms with E-state index in [0.29, 0.717) is 0 Å². The maximum absolute atomic E-state index is 2.41. The fraction of sp³-hybridized carbons (Fsp3) is 1.00. The zero-order chi connectivity index (χ0) is 12.3. The minimum atomic E-state index is 1.29. The Morgan fingerprint density at radius 2 is 1.56 bits per heavy atom. The Morgan fingerprint density at radius 3 is 1.94 bits per heavy atom. The van der Waals surface area contributed by atoms with Crippen molar-refractivity contribution in [2.24, 2.45) is 0 Å². The number of likely N-dealkylation sites (tertiary alicyclic amines) is 1. The van der Waals surface area contributed by atoms with Gasteiger partial charge in [-0.15, -0.1) is 0 Å². The number of nitrogens with two attached hydrogens (primary N) is 1. The summed E-state index contributed by atoms with van der Waals surface area (Å²) >= 11 is 0. The van der Waals surface area contributed by atoms with Crippen LogP contribution in [0, 0.1) is 0 Å². The lowest BCUT2D eigenvalue weighted by atomic mass is 10.3. The van der Waals surface area contributed by atoms with Gasteiger partial charge in [-0.1, -0.05) is 26.7 Å². The summed E-state index contributed by atoms with van der Waals surface area (Å²) in [5.41, 5.74) is 0. The van der Waals surface area contributed by atoms with E-state index in [0.717, 1.165) is 0 Å². The fourth-order valence-electron chi connectivity index (χ4n) is 2.27. The van der Waals surface area contributed by atoms with Crippen molar-refractivity contribution in [1.29, 1.82) is 0 Å². The molecule has 0 saturated carbocycles. The summed E-state index contributed by atoms with van der Waals surface area (Å²) in [5, 5.41) is 2.21. The second-order valence-corrected chi connectivity index (χ2v) is 5.40. The van der Waals surface area contributed by atoms with Crippen molar-refractivity contribution in [1.82, 2.24) is 0 Å². The molecule has 0 radical (unpaired) electrons. The summed E-state index contributed by atoms with van der Waals surface area (Å²) in [5.74, 6) is 0. The predicted molar refractivity (Wildman–Crippen MR) is 72.6 cm³/mol. The van der Waals surface area contributed by atoms with Crippen molar-refractivity contribution in [2.45, 2.75) is 52.4 Å². The number of quaternary nitrogens is 2. The van der Waals surface area contributed by atoms with Crippen LogP contribution in [0.15, 0.2) is 0 Å². The third kappa shape index (κ3) is 8.12. The fourth-order valence-corrected chi connectivity index (χ4v) is 2.27. The third-order valence-electron chi connectivity index (χ3n) is 3.54. The second-order valence-electron chi connectivity index (χ2n) is 5.40. The van der Waals surface area contributed by atoms with Crippen LogP contribution in [0.3, 0.4) is 0 Å². The molecule has 0 aromatic heterocycles. The maximum atomic E-state index is 2.41. The normalized spacial score (nSPS) is 18.0. The van der Waals surface area contributed by atoms with Gasteiger partial charge in [0.25, 0.3) is 0 Å². The van der Waals surface area contributed by atoms with Crippen LogP contribution >= 0.6 is 0 Å².